The van der Waals surface area contributed by atoms with E-state index in [0.717, 1.165) is 10.0 Å². The van der Waals surface area contributed by atoms with E-state index in [1.165, 1.54) is 17.5 Å². The molecule has 0 N–H and O–H groups in total. The first-order valence-corrected chi connectivity index (χ1v) is 7.31. The molecule has 0 bridgehead atoms. The van der Waals surface area contributed by atoms with E-state index in [1.807, 2.05) is 12.1 Å². The van der Waals surface area contributed by atoms with Gasteiger partial charge >= 0.3 is 0 Å². The van der Waals surface area contributed by atoms with Crippen LogP contribution in [0.3, 0.4) is 0 Å². The molecule has 1 nitrogen and oxygen atoms in total. The third-order valence-electron chi connectivity index (χ3n) is 3.83. The third-order valence-corrected chi connectivity index (χ3v) is 4.36. The van der Waals surface area contributed by atoms with Gasteiger partial charge < -0.3 is 0 Å². The maximum absolute atomic E-state index is 11.3. The van der Waals surface area contributed by atoms with Crippen molar-refractivity contribution in [1.82, 2.24) is 0 Å². The highest BCUT2D eigenvalue weighted by Gasteiger charge is 2.39. The van der Waals surface area contributed by atoms with Crippen molar-refractivity contribution in [3.63, 3.8) is 0 Å². The van der Waals surface area contributed by atoms with Crippen molar-refractivity contribution in [2.45, 2.75) is 25.2 Å². The second-order valence-electron chi connectivity index (χ2n) is 5.18. The molecule has 3 rings (SSSR count). The summed E-state index contributed by atoms with van der Waals surface area (Å²) in [6, 6.07) is 16.7. The summed E-state index contributed by atoms with van der Waals surface area (Å²) < 4.78 is 1.12. The van der Waals surface area contributed by atoms with E-state index in [0.29, 0.717) is 11.8 Å². The zero-order chi connectivity index (χ0) is 13.4. The Bertz CT molecular complexity index is 598. The molecule has 96 valence electrons. The normalized spacial score (nSPS) is 21.2. The predicted octanol–water partition coefficient (Wildman–Crippen LogP) is 4.92. The van der Waals surface area contributed by atoms with Crippen LogP contribution in [-0.2, 0) is 0 Å². The van der Waals surface area contributed by atoms with Crippen LogP contribution in [0.5, 0.6) is 0 Å². The predicted molar refractivity (Wildman–Crippen MR) is 80.7 cm³/mol. The van der Waals surface area contributed by atoms with E-state index in [-0.39, 0.29) is 5.78 Å². The maximum Gasteiger partial charge on any atom is 0.159 e. The van der Waals surface area contributed by atoms with Crippen LogP contribution >= 0.6 is 15.9 Å². The number of rotatable bonds is 3. The molecule has 0 radical (unpaired) electrons. The largest absolute Gasteiger partial charge is 0.295 e. The lowest BCUT2D eigenvalue weighted by Gasteiger charge is -2.03. The van der Waals surface area contributed by atoms with Gasteiger partial charge in [0, 0.05) is 10.0 Å². The molecule has 1 saturated carbocycles. The molecule has 0 saturated heterocycles. The van der Waals surface area contributed by atoms with E-state index < -0.39 is 0 Å². The molecular formula is C17H15BrO. The smallest absolute Gasteiger partial charge is 0.159 e. The molecule has 0 spiro atoms. The first-order chi connectivity index (χ1) is 9.15. The lowest BCUT2D eigenvalue weighted by Crippen LogP contribution is -1.92. The second kappa shape index (κ2) is 4.93. The molecule has 2 aromatic rings. The van der Waals surface area contributed by atoms with Crippen molar-refractivity contribution in [2.24, 2.45) is 0 Å². The molecule has 0 aliphatic heterocycles. The molecule has 1 aliphatic rings. The standard InChI is InChI=1S/C17H15BrO/c1-11(19)12-2-4-13(5-3-12)16-10-17(16)14-6-8-15(18)9-7-14/h2-9,16-17H,10H2,1H3/t16-,17-/m1/s1. The summed E-state index contributed by atoms with van der Waals surface area (Å²) in [5.41, 5.74) is 3.55. The fourth-order valence-corrected chi connectivity index (χ4v) is 2.87. The number of hydrogen-bond donors (Lipinski definition) is 0. The average Bonchev–Trinajstić information content (AvgIpc) is 3.20. The van der Waals surface area contributed by atoms with Gasteiger partial charge in [0.2, 0.25) is 0 Å². The zero-order valence-corrected chi connectivity index (χ0v) is 12.4. The van der Waals surface area contributed by atoms with Gasteiger partial charge in [-0.25, -0.2) is 0 Å². The van der Waals surface area contributed by atoms with Gasteiger partial charge in [-0.3, -0.25) is 4.79 Å². The Morgan fingerprint density at radius 3 is 1.89 bits per heavy atom. The van der Waals surface area contributed by atoms with Crippen molar-refractivity contribution >= 4 is 21.7 Å². The molecule has 1 aliphatic carbocycles. The summed E-state index contributed by atoms with van der Waals surface area (Å²) >= 11 is 3.46. The summed E-state index contributed by atoms with van der Waals surface area (Å²) in [5, 5.41) is 0. The quantitative estimate of drug-likeness (QED) is 0.735. The second-order valence-corrected chi connectivity index (χ2v) is 6.09. The number of ketones is 1. The highest BCUT2D eigenvalue weighted by molar-refractivity contribution is 9.10. The van der Waals surface area contributed by atoms with Gasteiger partial charge in [-0.15, -0.1) is 0 Å². The fraction of sp³-hybridized carbons (Fsp3) is 0.235. The van der Waals surface area contributed by atoms with Crippen LogP contribution in [0.4, 0.5) is 0 Å². The van der Waals surface area contributed by atoms with Gasteiger partial charge in [0.1, 0.15) is 0 Å². The number of benzene rings is 2. The van der Waals surface area contributed by atoms with E-state index in [9.17, 15) is 4.79 Å². The van der Waals surface area contributed by atoms with Crippen LogP contribution in [0.25, 0.3) is 0 Å². The molecule has 0 heterocycles. The monoisotopic (exact) mass is 314 g/mol. The van der Waals surface area contributed by atoms with Crippen LogP contribution in [0.15, 0.2) is 53.0 Å². The van der Waals surface area contributed by atoms with Gasteiger partial charge in [-0.05, 0) is 48.4 Å². The summed E-state index contributed by atoms with van der Waals surface area (Å²) in [5.74, 6) is 1.38. The Morgan fingerprint density at radius 2 is 1.42 bits per heavy atom. The van der Waals surface area contributed by atoms with Gasteiger partial charge in [-0.1, -0.05) is 52.3 Å². The lowest BCUT2D eigenvalue weighted by atomic mass is 10.0. The fourth-order valence-electron chi connectivity index (χ4n) is 2.61. The Morgan fingerprint density at radius 1 is 0.947 bits per heavy atom. The van der Waals surface area contributed by atoms with Crippen molar-refractivity contribution in [3.05, 3.63) is 69.7 Å². The zero-order valence-electron chi connectivity index (χ0n) is 10.8. The molecule has 2 aromatic carbocycles. The number of carbonyl (C=O) groups is 1. The average molecular weight is 315 g/mol. The Labute approximate surface area is 121 Å². The summed E-state index contributed by atoms with van der Waals surface area (Å²) in [7, 11) is 0. The minimum Gasteiger partial charge on any atom is -0.295 e. The molecule has 0 aromatic heterocycles. The van der Waals surface area contributed by atoms with E-state index >= 15 is 0 Å². The Balaban J connectivity index is 1.75. The van der Waals surface area contributed by atoms with E-state index in [4.69, 9.17) is 0 Å². The molecule has 2 atom stereocenters. The molecular weight excluding hydrogens is 300 g/mol. The van der Waals surface area contributed by atoms with Gasteiger partial charge in [0.15, 0.2) is 5.78 Å². The Hall–Kier alpha value is -1.41. The first-order valence-electron chi connectivity index (χ1n) is 6.51. The molecule has 1 fully saturated rings. The van der Waals surface area contributed by atoms with E-state index in [2.05, 4.69) is 52.3 Å². The summed E-state index contributed by atoms with van der Waals surface area (Å²) in [6.45, 7) is 1.61. The molecule has 0 unspecified atom stereocenters. The Kier molecular flexibility index (Phi) is 3.28. The molecule has 2 heteroatoms. The topological polar surface area (TPSA) is 17.1 Å². The summed E-state index contributed by atoms with van der Waals surface area (Å²) in [4.78, 5) is 11.3. The van der Waals surface area contributed by atoms with Crippen LogP contribution in [0, 0.1) is 0 Å². The third kappa shape index (κ3) is 2.64. The summed E-state index contributed by atoms with van der Waals surface area (Å²) in [6.07, 6.45) is 1.21. The number of hydrogen-bond acceptors (Lipinski definition) is 1. The van der Waals surface area contributed by atoms with Gasteiger partial charge in [-0.2, -0.15) is 0 Å². The van der Waals surface area contributed by atoms with Crippen LogP contribution in [0.1, 0.15) is 46.7 Å². The number of halogens is 1. The minimum absolute atomic E-state index is 0.131. The number of Topliss-reactive ketones (excluding diaryl/α,β-unsaturated/α-hetero) is 1. The van der Waals surface area contributed by atoms with Crippen molar-refractivity contribution in [2.75, 3.05) is 0 Å². The maximum atomic E-state index is 11.3. The van der Waals surface area contributed by atoms with Crippen molar-refractivity contribution < 1.29 is 4.79 Å². The van der Waals surface area contributed by atoms with Crippen LogP contribution in [0.2, 0.25) is 0 Å². The van der Waals surface area contributed by atoms with E-state index in [1.54, 1.807) is 6.92 Å². The molecule has 0 amide bonds. The van der Waals surface area contributed by atoms with Gasteiger partial charge in [0.05, 0.1) is 0 Å². The van der Waals surface area contributed by atoms with Crippen molar-refractivity contribution in [1.29, 1.82) is 0 Å². The van der Waals surface area contributed by atoms with Crippen LogP contribution < -0.4 is 0 Å². The van der Waals surface area contributed by atoms with Gasteiger partial charge in [0.25, 0.3) is 0 Å². The highest BCUT2D eigenvalue weighted by Crippen LogP contribution is 2.54. The minimum atomic E-state index is 0.131. The highest BCUT2D eigenvalue weighted by atomic mass is 79.9. The van der Waals surface area contributed by atoms with Crippen LogP contribution in [-0.4, -0.2) is 5.78 Å². The lowest BCUT2D eigenvalue weighted by molar-refractivity contribution is 0.101. The van der Waals surface area contributed by atoms with Crippen molar-refractivity contribution in [3.8, 4) is 0 Å². The molecule has 19 heavy (non-hydrogen) atoms. The number of carbonyl (C=O) groups excluding carboxylic acids is 1. The SMILES string of the molecule is CC(=O)c1ccc([C@H]2C[C@@H]2c2ccc(Br)cc2)cc1. The first kappa shape index (κ1) is 12.6.